The van der Waals surface area contributed by atoms with Crippen LogP contribution in [0.25, 0.3) is 34.4 Å². The minimum absolute atomic E-state index is 0.682. The van der Waals surface area contributed by atoms with Gasteiger partial charge in [0, 0.05) is 10.9 Å². The van der Waals surface area contributed by atoms with E-state index in [9.17, 15) is 0 Å². The molecule has 0 aliphatic heterocycles. The molecule has 0 unspecified atom stereocenters. The fourth-order valence-electron chi connectivity index (χ4n) is 2.39. The maximum Gasteiger partial charge on any atom is 0.180 e. The van der Waals surface area contributed by atoms with Crippen LogP contribution in [0, 0.1) is 0 Å². The van der Waals surface area contributed by atoms with Crippen molar-refractivity contribution in [3.63, 3.8) is 0 Å². The summed E-state index contributed by atoms with van der Waals surface area (Å²) < 4.78 is 0. The second kappa shape index (κ2) is 5.29. The summed E-state index contributed by atoms with van der Waals surface area (Å²) in [5.74, 6) is 0.682. The van der Waals surface area contributed by atoms with Crippen molar-refractivity contribution in [1.29, 1.82) is 0 Å². The van der Waals surface area contributed by atoms with E-state index in [1.54, 1.807) is 6.33 Å². The summed E-state index contributed by atoms with van der Waals surface area (Å²) in [6.07, 6.45) is 5.64. The molecule has 0 radical (unpaired) electrons. The Labute approximate surface area is 126 Å². The van der Waals surface area contributed by atoms with Gasteiger partial charge in [-0.1, -0.05) is 36.4 Å². The topological polar surface area (TPSA) is 70.2 Å². The van der Waals surface area contributed by atoms with Gasteiger partial charge in [-0.25, -0.2) is 4.98 Å². The number of hydrogen-bond donors (Lipinski definition) is 2. The van der Waals surface area contributed by atoms with Gasteiger partial charge in [0.1, 0.15) is 6.33 Å². The largest absolute Gasteiger partial charge is 0.277 e. The molecule has 0 fully saturated rings. The molecule has 0 bridgehead atoms. The molecule has 0 saturated heterocycles. The van der Waals surface area contributed by atoms with Crippen LogP contribution in [0.4, 0.5) is 0 Å². The van der Waals surface area contributed by atoms with Crippen molar-refractivity contribution in [1.82, 2.24) is 25.4 Å². The summed E-state index contributed by atoms with van der Waals surface area (Å²) in [7, 11) is 0. The molecule has 2 aromatic heterocycles. The van der Waals surface area contributed by atoms with E-state index in [0.29, 0.717) is 5.82 Å². The van der Waals surface area contributed by atoms with Crippen molar-refractivity contribution >= 4 is 23.1 Å². The first-order chi connectivity index (χ1) is 10.9. The quantitative estimate of drug-likeness (QED) is 0.605. The Balaban J connectivity index is 1.75. The molecule has 106 valence electrons. The zero-order chi connectivity index (χ0) is 14.8. The Morgan fingerprint density at radius 1 is 0.909 bits per heavy atom. The second-order valence-electron chi connectivity index (χ2n) is 4.94. The zero-order valence-electron chi connectivity index (χ0n) is 11.7. The molecule has 0 saturated carbocycles. The summed E-state index contributed by atoms with van der Waals surface area (Å²) in [4.78, 5) is 4.19. The fraction of sp³-hybridized carbons (Fsp3) is 0. The van der Waals surface area contributed by atoms with Crippen molar-refractivity contribution in [2.45, 2.75) is 0 Å². The number of aromatic amines is 2. The minimum Gasteiger partial charge on any atom is -0.277 e. The van der Waals surface area contributed by atoms with Gasteiger partial charge in [-0.2, -0.15) is 10.2 Å². The molecule has 5 nitrogen and oxygen atoms in total. The highest BCUT2D eigenvalue weighted by atomic mass is 15.2. The van der Waals surface area contributed by atoms with Crippen LogP contribution in [0.5, 0.6) is 0 Å². The Hall–Kier alpha value is -3.21. The molecule has 0 aliphatic rings. The van der Waals surface area contributed by atoms with Crippen LogP contribution in [-0.2, 0) is 0 Å². The van der Waals surface area contributed by atoms with E-state index >= 15 is 0 Å². The van der Waals surface area contributed by atoms with Crippen LogP contribution in [0.2, 0.25) is 0 Å². The second-order valence-corrected chi connectivity index (χ2v) is 4.94. The molecule has 2 N–H and O–H groups in total. The molecule has 0 aliphatic carbocycles. The average molecular weight is 287 g/mol. The number of hydrogen-bond acceptors (Lipinski definition) is 3. The van der Waals surface area contributed by atoms with E-state index in [1.807, 2.05) is 42.5 Å². The first-order valence-corrected chi connectivity index (χ1v) is 6.97. The molecule has 22 heavy (non-hydrogen) atoms. The first-order valence-electron chi connectivity index (χ1n) is 6.97. The molecular weight excluding hydrogens is 274 g/mol. The highest BCUT2D eigenvalue weighted by Crippen LogP contribution is 2.24. The van der Waals surface area contributed by atoms with E-state index < -0.39 is 0 Å². The van der Waals surface area contributed by atoms with Crippen LogP contribution < -0.4 is 0 Å². The molecule has 4 aromatic rings. The molecule has 0 amide bonds. The molecule has 0 spiro atoms. The molecule has 4 rings (SSSR count). The number of nitrogens with one attached hydrogen (secondary N) is 2. The highest BCUT2D eigenvalue weighted by Gasteiger charge is 2.07. The normalized spacial score (nSPS) is 11.5. The van der Waals surface area contributed by atoms with E-state index in [-0.39, 0.29) is 0 Å². The van der Waals surface area contributed by atoms with Gasteiger partial charge < -0.3 is 0 Å². The summed E-state index contributed by atoms with van der Waals surface area (Å²) in [5, 5.41) is 15.3. The number of fused-ring (bicyclic) bond motifs is 1. The lowest BCUT2D eigenvalue weighted by Crippen LogP contribution is -1.81. The van der Waals surface area contributed by atoms with Crippen LogP contribution in [0.1, 0.15) is 11.3 Å². The van der Waals surface area contributed by atoms with E-state index in [4.69, 9.17) is 0 Å². The lowest BCUT2D eigenvalue weighted by molar-refractivity contribution is 1.10. The number of H-pyrrole nitrogens is 2. The third kappa shape index (κ3) is 2.29. The van der Waals surface area contributed by atoms with Gasteiger partial charge in [0.25, 0.3) is 0 Å². The summed E-state index contributed by atoms with van der Waals surface area (Å²) in [6.45, 7) is 0. The van der Waals surface area contributed by atoms with Crippen molar-refractivity contribution in [2.24, 2.45) is 0 Å². The molecule has 0 atom stereocenters. The Kier molecular flexibility index (Phi) is 3.01. The van der Waals surface area contributed by atoms with E-state index in [2.05, 4.69) is 43.6 Å². The molecular formula is C17H13N5. The van der Waals surface area contributed by atoms with Crippen LogP contribution in [-0.4, -0.2) is 25.4 Å². The molecule has 2 heterocycles. The smallest absolute Gasteiger partial charge is 0.180 e. The number of rotatable bonds is 3. The standard InChI is InChI=1S/C17H13N5/c1-2-4-12(5-3-1)6-8-15-14-10-13(17-18-11-19-22-17)7-9-16(14)21-20-15/h1-11H,(H,20,21)(H,18,19,22)/b8-6+. The number of aromatic nitrogens is 5. The lowest BCUT2D eigenvalue weighted by Gasteiger charge is -1.96. The Morgan fingerprint density at radius 3 is 2.64 bits per heavy atom. The van der Waals surface area contributed by atoms with Gasteiger partial charge in [0.05, 0.1) is 11.2 Å². The number of nitrogens with zero attached hydrogens (tertiary/aromatic N) is 3. The average Bonchev–Trinajstić information content (AvgIpc) is 3.23. The molecule has 2 aromatic carbocycles. The third-order valence-electron chi connectivity index (χ3n) is 3.50. The van der Waals surface area contributed by atoms with Crippen LogP contribution in [0.3, 0.4) is 0 Å². The van der Waals surface area contributed by atoms with Crippen molar-refractivity contribution in [2.75, 3.05) is 0 Å². The lowest BCUT2D eigenvalue weighted by atomic mass is 10.1. The SMILES string of the molecule is C(=C\c1n[nH]c2ccc(-c3nc[nH]n3)cc12)/c1ccccc1. The summed E-state index contributed by atoms with van der Waals surface area (Å²) >= 11 is 0. The maximum atomic E-state index is 4.37. The maximum absolute atomic E-state index is 4.37. The van der Waals surface area contributed by atoms with Crippen LogP contribution in [0.15, 0.2) is 54.9 Å². The third-order valence-corrected chi connectivity index (χ3v) is 3.50. The van der Waals surface area contributed by atoms with Gasteiger partial charge in [-0.3, -0.25) is 10.2 Å². The van der Waals surface area contributed by atoms with Crippen molar-refractivity contribution in [3.05, 3.63) is 66.1 Å². The monoisotopic (exact) mass is 287 g/mol. The number of benzene rings is 2. The summed E-state index contributed by atoms with van der Waals surface area (Å²) in [5.41, 5.74) is 4.00. The van der Waals surface area contributed by atoms with Gasteiger partial charge in [-0.15, -0.1) is 0 Å². The minimum atomic E-state index is 0.682. The highest BCUT2D eigenvalue weighted by molar-refractivity contribution is 5.91. The Morgan fingerprint density at radius 2 is 1.82 bits per heavy atom. The zero-order valence-corrected chi connectivity index (χ0v) is 11.7. The summed E-state index contributed by atoms with van der Waals surface area (Å²) in [6, 6.07) is 16.2. The fourth-order valence-corrected chi connectivity index (χ4v) is 2.39. The van der Waals surface area contributed by atoms with Gasteiger partial charge >= 0.3 is 0 Å². The predicted octanol–water partition coefficient (Wildman–Crippen LogP) is 3.52. The first kappa shape index (κ1) is 12.5. The van der Waals surface area contributed by atoms with Gasteiger partial charge in [-0.05, 0) is 29.8 Å². The Bertz CT molecular complexity index is 920. The van der Waals surface area contributed by atoms with Crippen molar-refractivity contribution in [3.8, 4) is 11.4 Å². The van der Waals surface area contributed by atoms with E-state index in [1.165, 1.54) is 0 Å². The predicted molar refractivity (Wildman–Crippen MR) is 86.8 cm³/mol. The van der Waals surface area contributed by atoms with Gasteiger partial charge in [0.15, 0.2) is 5.82 Å². The van der Waals surface area contributed by atoms with E-state index in [0.717, 1.165) is 27.7 Å². The van der Waals surface area contributed by atoms with Crippen LogP contribution >= 0.6 is 0 Å². The van der Waals surface area contributed by atoms with Gasteiger partial charge in [0.2, 0.25) is 0 Å². The van der Waals surface area contributed by atoms with Crippen molar-refractivity contribution < 1.29 is 0 Å². The molecule has 5 heteroatoms.